The Morgan fingerprint density at radius 2 is 1.80 bits per heavy atom. The van der Waals surface area contributed by atoms with E-state index in [-0.39, 0.29) is 0 Å². The number of aryl methyl sites for hydroxylation is 4. The number of halogens is 1. The Labute approximate surface area is 134 Å². The molecule has 1 unspecified atom stereocenters. The van der Waals surface area contributed by atoms with E-state index in [1.54, 1.807) is 10.4 Å². The number of alkyl halides is 1. The third kappa shape index (κ3) is 2.87. The zero-order valence-electron chi connectivity index (χ0n) is 12.2. The van der Waals surface area contributed by atoms with E-state index in [1.807, 2.05) is 11.3 Å². The highest BCUT2D eigenvalue weighted by molar-refractivity contribution is 9.09. The highest BCUT2D eigenvalue weighted by Gasteiger charge is 2.18. The van der Waals surface area contributed by atoms with Crippen LogP contribution < -0.4 is 0 Å². The summed E-state index contributed by atoms with van der Waals surface area (Å²) in [7, 11) is 0. The predicted octanol–water partition coefficient (Wildman–Crippen LogP) is 6.12. The summed E-state index contributed by atoms with van der Waals surface area (Å²) in [4.78, 5) is 3.45. The molecule has 2 heteroatoms. The van der Waals surface area contributed by atoms with Crippen LogP contribution in [0.4, 0.5) is 0 Å². The molecule has 0 radical (unpaired) electrons. The third-order valence-corrected chi connectivity index (χ3v) is 6.97. The van der Waals surface area contributed by atoms with Crippen molar-refractivity contribution in [2.75, 3.05) is 0 Å². The lowest BCUT2D eigenvalue weighted by Gasteiger charge is -2.10. The van der Waals surface area contributed by atoms with Gasteiger partial charge in [0.15, 0.2) is 0 Å². The Bertz CT molecular complexity index is 588. The fraction of sp³-hybridized carbons (Fsp3) is 0.444. The lowest BCUT2D eigenvalue weighted by Crippen LogP contribution is -1.92. The van der Waals surface area contributed by atoms with E-state index >= 15 is 0 Å². The van der Waals surface area contributed by atoms with Crippen molar-refractivity contribution in [2.45, 2.75) is 50.8 Å². The minimum atomic E-state index is 0.346. The summed E-state index contributed by atoms with van der Waals surface area (Å²) in [5, 5.41) is 0. The molecule has 1 atom stereocenters. The molecule has 2 aromatic rings. The van der Waals surface area contributed by atoms with Gasteiger partial charge in [0.1, 0.15) is 0 Å². The van der Waals surface area contributed by atoms with E-state index < -0.39 is 0 Å². The molecule has 0 N–H and O–H groups in total. The van der Waals surface area contributed by atoms with Gasteiger partial charge in [0.25, 0.3) is 0 Å². The summed E-state index contributed by atoms with van der Waals surface area (Å²) < 4.78 is 0. The quantitative estimate of drug-likeness (QED) is 0.453. The standard InChI is InChI=1S/C18H21BrS/c1-12-8-9-15(10-13(12)2)18(19)17-11-14-6-4-3-5-7-16(14)20-17/h8-11,18H,3-7H2,1-2H3. The summed E-state index contributed by atoms with van der Waals surface area (Å²) in [6.07, 6.45) is 6.68. The number of hydrogen-bond acceptors (Lipinski definition) is 1. The van der Waals surface area contributed by atoms with Gasteiger partial charge in [0.05, 0.1) is 4.83 Å². The van der Waals surface area contributed by atoms with E-state index in [0.717, 1.165) is 0 Å². The lowest BCUT2D eigenvalue weighted by molar-refractivity contribution is 0.712. The number of hydrogen-bond donors (Lipinski definition) is 0. The van der Waals surface area contributed by atoms with Crippen molar-refractivity contribution >= 4 is 27.3 Å². The van der Waals surface area contributed by atoms with Crippen molar-refractivity contribution < 1.29 is 0 Å². The fourth-order valence-corrected chi connectivity index (χ4v) is 4.86. The molecule has 0 saturated heterocycles. The second-order valence-corrected chi connectivity index (χ2v) is 7.95. The van der Waals surface area contributed by atoms with Crippen molar-refractivity contribution in [1.82, 2.24) is 0 Å². The van der Waals surface area contributed by atoms with E-state index in [4.69, 9.17) is 0 Å². The number of thiophene rings is 1. The van der Waals surface area contributed by atoms with Gasteiger partial charge < -0.3 is 0 Å². The summed E-state index contributed by atoms with van der Waals surface area (Å²) in [5.74, 6) is 0. The van der Waals surface area contributed by atoms with Gasteiger partial charge in [0, 0.05) is 9.75 Å². The molecule has 0 fully saturated rings. The molecule has 3 rings (SSSR count). The van der Waals surface area contributed by atoms with E-state index in [2.05, 4.69) is 54.0 Å². The number of rotatable bonds is 2. The molecule has 20 heavy (non-hydrogen) atoms. The van der Waals surface area contributed by atoms with Crippen molar-refractivity contribution in [2.24, 2.45) is 0 Å². The first-order valence-corrected chi connectivity index (χ1v) is 9.21. The van der Waals surface area contributed by atoms with Gasteiger partial charge >= 0.3 is 0 Å². The maximum absolute atomic E-state index is 3.91. The van der Waals surface area contributed by atoms with Crippen LogP contribution in [0.1, 0.15) is 56.1 Å². The van der Waals surface area contributed by atoms with Gasteiger partial charge in [-0.25, -0.2) is 0 Å². The molecule has 0 spiro atoms. The SMILES string of the molecule is Cc1ccc(C(Br)c2cc3c(s2)CCCCC3)cc1C. The van der Waals surface area contributed by atoms with Crippen LogP contribution in [0.2, 0.25) is 0 Å². The van der Waals surface area contributed by atoms with Crippen molar-refractivity contribution in [3.8, 4) is 0 Å². The van der Waals surface area contributed by atoms with Crippen molar-refractivity contribution in [3.05, 3.63) is 56.3 Å². The molecular formula is C18H21BrS. The molecular weight excluding hydrogens is 328 g/mol. The first kappa shape index (κ1) is 14.3. The minimum Gasteiger partial charge on any atom is -0.144 e. The maximum Gasteiger partial charge on any atom is 0.0738 e. The molecule has 106 valence electrons. The van der Waals surface area contributed by atoms with Gasteiger partial charge in [-0.2, -0.15) is 0 Å². The Kier molecular flexibility index (Phi) is 4.32. The number of benzene rings is 1. The smallest absolute Gasteiger partial charge is 0.0738 e. The van der Waals surface area contributed by atoms with Crippen LogP contribution >= 0.6 is 27.3 Å². The van der Waals surface area contributed by atoms with Crippen LogP contribution in [-0.2, 0) is 12.8 Å². The van der Waals surface area contributed by atoms with E-state index in [0.29, 0.717) is 4.83 Å². The summed E-state index contributed by atoms with van der Waals surface area (Å²) in [5.41, 5.74) is 5.74. The van der Waals surface area contributed by atoms with Gasteiger partial charge in [-0.15, -0.1) is 11.3 Å². The largest absolute Gasteiger partial charge is 0.144 e. The zero-order chi connectivity index (χ0) is 14.1. The summed E-state index contributed by atoms with van der Waals surface area (Å²) >= 11 is 5.92. The molecule has 1 aromatic carbocycles. The van der Waals surface area contributed by atoms with Crippen LogP contribution in [0.3, 0.4) is 0 Å². The highest BCUT2D eigenvalue weighted by atomic mass is 79.9. The van der Waals surface area contributed by atoms with Gasteiger partial charge in [-0.3, -0.25) is 0 Å². The monoisotopic (exact) mass is 348 g/mol. The van der Waals surface area contributed by atoms with Crippen LogP contribution in [0, 0.1) is 13.8 Å². The first-order chi connectivity index (χ1) is 9.65. The molecule has 1 aliphatic rings. The Morgan fingerprint density at radius 3 is 2.60 bits per heavy atom. The molecule has 0 nitrogen and oxygen atoms in total. The summed E-state index contributed by atoms with van der Waals surface area (Å²) in [6, 6.07) is 9.25. The van der Waals surface area contributed by atoms with Gasteiger partial charge in [0.2, 0.25) is 0 Å². The number of fused-ring (bicyclic) bond motifs is 1. The van der Waals surface area contributed by atoms with Crippen LogP contribution in [0.5, 0.6) is 0 Å². The first-order valence-electron chi connectivity index (χ1n) is 7.48. The minimum absolute atomic E-state index is 0.346. The van der Waals surface area contributed by atoms with Crippen LogP contribution in [-0.4, -0.2) is 0 Å². The molecule has 1 aliphatic carbocycles. The second kappa shape index (κ2) is 6.03. The van der Waals surface area contributed by atoms with E-state index in [1.165, 1.54) is 53.7 Å². The molecule has 0 bridgehead atoms. The van der Waals surface area contributed by atoms with E-state index in [9.17, 15) is 0 Å². The van der Waals surface area contributed by atoms with Crippen LogP contribution in [0.25, 0.3) is 0 Å². The molecule has 1 heterocycles. The van der Waals surface area contributed by atoms with Crippen molar-refractivity contribution in [3.63, 3.8) is 0 Å². The molecule has 1 aromatic heterocycles. The average Bonchev–Trinajstić information content (AvgIpc) is 2.72. The Hall–Kier alpha value is -0.600. The lowest BCUT2D eigenvalue weighted by atomic mass is 10.0. The third-order valence-electron chi connectivity index (χ3n) is 4.34. The second-order valence-electron chi connectivity index (χ2n) is 5.86. The van der Waals surface area contributed by atoms with Gasteiger partial charge in [-0.05, 0) is 67.9 Å². The van der Waals surface area contributed by atoms with Crippen LogP contribution in [0.15, 0.2) is 24.3 Å². The molecule has 0 amide bonds. The Balaban J connectivity index is 1.90. The fourth-order valence-electron chi connectivity index (χ4n) is 2.90. The normalized spacial score (nSPS) is 16.6. The Morgan fingerprint density at radius 1 is 1.00 bits per heavy atom. The maximum atomic E-state index is 3.91. The average molecular weight is 349 g/mol. The molecule has 0 saturated carbocycles. The van der Waals surface area contributed by atoms with Gasteiger partial charge in [-0.1, -0.05) is 40.5 Å². The zero-order valence-corrected chi connectivity index (χ0v) is 14.6. The topological polar surface area (TPSA) is 0 Å². The summed E-state index contributed by atoms with van der Waals surface area (Å²) in [6.45, 7) is 4.37. The molecule has 0 aliphatic heterocycles. The predicted molar refractivity (Wildman–Crippen MR) is 92.3 cm³/mol. The van der Waals surface area contributed by atoms with Crippen molar-refractivity contribution in [1.29, 1.82) is 0 Å². The highest BCUT2D eigenvalue weighted by Crippen LogP contribution is 2.39.